The minimum Gasteiger partial charge on any atom is -0.494 e. The van der Waals surface area contributed by atoms with Gasteiger partial charge >= 0.3 is 6.18 Å². The SMILES string of the molecule is COc1cc2c(cnn2C)cc1NC(=O)c1cccc(C(F)(F)F)n1. The Bertz CT molecular complexity index is 950. The number of methoxy groups -OCH3 is 1. The van der Waals surface area contributed by atoms with Crippen LogP contribution in [0.4, 0.5) is 18.9 Å². The van der Waals surface area contributed by atoms with Crippen LogP contribution in [0.2, 0.25) is 0 Å². The average Bonchev–Trinajstić information content (AvgIpc) is 2.93. The molecule has 2 aromatic heterocycles. The molecule has 2 heterocycles. The number of aromatic nitrogens is 3. The van der Waals surface area contributed by atoms with Crippen molar-refractivity contribution in [3.63, 3.8) is 0 Å². The van der Waals surface area contributed by atoms with Crippen molar-refractivity contribution in [1.82, 2.24) is 14.8 Å². The van der Waals surface area contributed by atoms with Gasteiger partial charge in [0, 0.05) is 18.5 Å². The zero-order valence-electron chi connectivity index (χ0n) is 13.3. The van der Waals surface area contributed by atoms with E-state index in [4.69, 9.17) is 4.74 Å². The van der Waals surface area contributed by atoms with Gasteiger partial charge in [-0.1, -0.05) is 6.07 Å². The number of alkyl halides is 3. The quantitative estimate of drug-likeness (QED) is 0.787. The molecule has 0 atom stereocenters. The Hall–Kier alpha value is -3.10. The van der Waals surface area contributed by atoms with E-state index in [0.29, 0.717) is 11.4 Å². The Balaban J connectivity index is 1.94. The van der Waals surface area contributed by atoms with Crippen molar-refractivity contribution in [2.45, 2.75) is 6.18 Å². The van der Waals surface area contributed by atoms with Crippen LogP contribution in [0.5, 0.6) is 5.75 Å². The fourth-order valence-corrected chi connectivity index (χ4v) is 2.35. The summed E-state index contributed by atoms with van der Waals surface area (Å²) in [5, 5.41) is 7.37. The van der Waals surface area contributed by atoms with E-state index in [1.807, 2.05) is 0 Å². The van der Waals surface area contributed by atoms with Gasteiger partial charge in [0.15, 0.2) is 0 Å². The third kappa shape index (κ3) is 3.25. The molecular weight excluding hydrogens is 337 g/mol. The zero-order valence-corrected chi connectivity index (χ0v) is 13.3. The van der Waals surface area contributed by atoms with E-state index in [-0.39, 0.29) is 5.69 Å². The summed E-state index contributed by atoms with van der Waals surface area (Å²) >= 11 is 0. The van der Waals surface area contributed by atoms with E-state index in [1.165, 1.54) is 13.2 Å². The number of hydrogen-bond acceptors (Lipinski definition) is 4. The Morgan fingerprint density at radius 2 is 2.04 bits per heavy atom. The molecule has 0 unspecified atom stereocenters. The lowest BCUT2D eigenvalue weighted by Crippen LogP contribution is -2.17. The third-order valence-corrected chi connectivity index (χ3v) is 3.59. The first-order chi connectivity index (χ1) is 11.8. The van der Waals surface area contributed by atoms with Gasteiger partial charge in [-0.2, -0.15) is 18.3 Å². The molecule has 0 radical (unpaired) electrons. The Labute approximate surface area is 140 Å². The highest BCUT2D eigenvalue weighted by Gasteiger charge is 2.33. The van der Waals surface area contributed by atoms with E-state index < -0.39 is 17.8 Å². The second-order valence-electron chi connectivity index (χ2n) is 5.24. The van der Waals surface area contributed by atoms with Crippen LogP contribution in [0.15, 0.2) is 36.5 Å². The van der Waals surface area contributed by atoms with E-state index in [0.717, 1.165) is 23.0 Å². The molecule has 9 heteroatoms. The van der Waals surface area contributed by atoms with Crippen LogP contribution < -0.4 is 10.1 Å². The average molecular weight is 350 g/mol. The number of nitrogens with one attached hydrogen (secondary N) is 1. The summed E-state index contributed by atoms with van der Waals surface area (Å²) in [6, 6.07) is 6.45. The summed E-state index contributed by atoms with van der Waals surface area (Å²) in [4.78, 5) is 15.7. The van der Waals surface area contributed by atoms with Gasteiger partial charge in [0.1, 0.15) is 17.1 Å². The number of halogens is 3. The van der Waals surface area contributed by atoms with Gasteiger partial charge in [-0.25, -0.2) is 4.98 Å². The van der Waals surface area contributed by atoms with Crippen LogP contribution in [0.25, 0.3) is 10.9 Å². The summed E-state index contributed by atoms with van der Waals surface area (Å²) in [5.74, 6) is -0.413. The monoisotopic (exact) mass is 350 g/mol. The smallest absolute Gasteiger partial charge is 0.433 e. The van der Waals surface area contributed by atoms with Gasteiger partial charge < -0.3 is 10.1 Å². The van der Waals surface area contributed by atoms with Crippen molar-refractivity contribution in [3.8, 4) is 5.75 Å². The van der Waals surface area contributed by atoms with Crippen molar-refractivity contribution in [2.75, 3.05) is 12.4 Å². The lowest BCUT2D eigenvalue weighted by atomic mass is 10.2. The number of hydrogen-bond donors (Lipinski definition) is 1. The largest absolute Gasteiger partial charge is 0.494 e. The second-order valence-corrected chi connectivity index (χ2v) is 5.24. The van der Waals surface area contributed by atoms with Crippen LogP contribution in [-0.4, -0.2) is 27.8 Å². The van der Waals surface area contributed by atoms with Crippen LogP contribution in [0.3, 0.4) is 0 Å². The zero-order chi connectivity index (χ0) is 18.2. The highest BCUT2D eigenvalue weighted by Crippen LogP contribution is 2.31. The molecule has 1 amide bonds. The molecule has 1 N–H and O–H groups in total. The summed E-state index contributed by atoms with van der Waals surface area (Å²) in [7, 11) is 3.18. The van der Waals surface area contributed by atoms with Crippen molar-refractivity contribution < 1.29 is 22.7 Å². The van der Waals surface area contributed by atoms with E-state index >= 15 is 0 Å². The summed E-state index contributed by atoms with van der Waals surface area (Å²) in [5.41, 5.74) is -0.378. The number of nitrogens with zero attached hydrogens (tertiary/aromatic N) is 3. The Morgan fingerprint density at radius 3 is 2.72 bits per heavy atom. The number of ether oxygens (including phenoxy) is 1. The first kappa shape index (κ1) is 16.7. The minimum atomic E-state index is -4.62. The van der Waals surface area contributed by atoms with Crippen LogP contribution in [0, 0.1) is 0 Å². The van der Waals surface area contributed by atoms with Gasteiger partial charge in [0.05, 0.1) is 24.5 Å². The van der Waals surface area contributed by atoms with Gasteiger partial charge in [-0.05, 0) is 18.2 Å². The molecule has 25 heavy (non-hydrogen) atoms. The molecule has 0 aliphatic rings. The molecule has 1 aromatic carbocycles. The number of rotatable bonds is 3. The number of amides is 1. The first-order valence-electron chi connectivity index (χ1n) is 7.15. The number of pyridine rings is 1. The predicted molar refractivity (Wildman–Crippen MR) is 84.5 cm³/mol. The molecule has 130 valence electrons. The fraction of sp³-hybridized carbons (Fsp3) is 0.188. The van der Waals surface area contributed by atoms with Crippen molar-refractivity contribution in [1.29, 1.82) is 0 Å². The van der Waals surface area contributed by atoms with Crippen LogP contribution in [0.1, 0.15) is 16.2 Å². The second kappa shape index (κ2) is 6.08. The first-order valence-corrected chi connectivity index (χ1v) is 7.15. The van der Waals surface area contributed by atoms with E-state index in [1.54, 1.807) is 30.1 Å². The normalized spacial score (nSPS) is 11.6. The van der Waals surface area contributed by atoms with Gasteiger partial charge in [-0.3, -0.25) is 9.48 Å². The summed E-state index contributed by atoms with van der Waals surface area (Å²) in [6.45, 7) is 0. The Kier molecular flexibility index (Phi) is 4.07. The highest BCUT2D eigenvalue weighted by molar-refractivity contribution is 6.05. The maximum atomic E-state index is 12.7. The number of aryl methyl sites for hydroxylation is 1. The van der Waals surface area contributed by atoms with Gasteiger partial charge in [0.2, 0.25) is 0 Å². The van der Waals surface area contributed by atoms with E-state index in [2.05, 4.69) is 15.4 Å². The number of carbonyl (C=O) groups excluding carboxylic acids is 1. The molecule has 0 aliphatic carbocycles. The van der Waals surface area contributed by atoms with Crippen molar-refractivity contribution in [3.05, 3.63) is 47.9 Å². The Morgan fingerprint density at radius 1 is 1.28 bits per heavy atom. The lowest BCUT2D eigenvalue weighted by Gasteiger charge is -2.11. The number of fused-ring (bicyclic) bond motifs is 1. The summed E-state index contributed by atoms with van der Waals surface area (Å²) in [6.07, 6.45) is -3.02. The molecule has 0 aliphatic heterocycles. The molecule has 3 rings (SSSR count). The topological polar surface area (TPSA) is 69.0 Å². The summed E-state index contributed by atoms with van der Waals surface area (Å²) < 4.78 is 45.1. The molecule has 0 bridgehead atoms. The van der Waals surface area contributed by atoms with Crippen LogP contribution >= 0.6 is 0 Å². The molecule has 3 aromatic rings. The maximum Gasteiger partial charge on any atom is 0.433 e. The van der Waals surface area contributed by atoms with Crippen LogP contribution in [-0.2, 0) is 13.2 Å². The number of benzene rings is 1. The fourth-order valence-electron chi connectivity index (χ4n) is 2.35. The van der Waals surface area contributed by atoms with Crippen molar-refractivity contribution >= 4 is 22.5 Å². The minimum absolute atomic E-state index is 0.312. The number of anilines is 1. The third-order valence-electron chi connectivity index (χ3n) is 3.59. The van der Waals surface area contributed by atoms with Gasteiger partial charge in [0.25, 0.3) is 5.91 Å². The molecule has 6 nitrogen and oxygen atoms in total. The molecular formula is C16H13F3N4O2. The molecule has 0 spiro atoms. The molecule has 0 saturated carbocycles. The molecule has 0 saturated heterocycles. The maximum absolute atomic E-state index is 12.7. The molecule has 0 fully saturated rings. The van der Waals surface area contributed by atoms with E-state index in [9.17, 15) is 18.0 Å². The lowest BCUT2D eigenvalue weighted by molar-refractivity contribution is -0.141. The predicted octanol–water partition coefficient (Wildman–Crippen LogP) is 3.25. The van der Waals surface area contributed by atoms with Crippen molar-refractivity contribution in [2.24, 2.45) is 7.05 Å². The number of carbonyl (C=O) groups is 1. The standard InChI is InChI=1S/C16H13F3N4O2/c1-23-12-7-13(25-2)11(6-9(12)8-20-23)22-15(24)10-4-3-5-14(21-10)16(17,18)19/h3-8H,1-2H3,(H,22,24). The van der Waals surface area contributed by atoms with Gasteiger partial charge in [-0.15, -0.1) is 0 Å². The highest BCUT2D eigenvalue weighted by atomic mass is 19.4.